The van der Waals surface area contributed by atoms with Gasteiger partial charge in [0.25, 0.3) is 5.56 Å². The maximum atomic E-state index is 13.7. The molecule has 0 amide bonds. The number of ether oxygens (including phenoxy) is 1. The maximum Gasteiger partial charge on any atom is 0.338 e. The molecule has 5 rings (SSSR count). The third-order valence-electron chi connectivity index (χ3n) is 7.05. The number of aromatic nitrogens is 1. The summed E-state index contributed by atoms with van der Waals surface area (Å²) in [5, 5.41) is 0. The molecule has 2 aliphatic rings. The fraction of sp³-hybridized carbons (Fsp3) is 0.393. The second kappa shape index (κ2) is 10.1. The molecule has 0 aliphatic carbocycles. The van der Waals surface area contributed by atoms with Crippen molar-refractivity contribution in [2.75, 3.05) is 45.2 Å². The van der Waals surface area contributed by atoms with Crippen LogP contribution in [0.4, 0.5) is 5.88 Å². The summed E-state index contributed by atoms with van der Waals surface area (Å²) < 4.78 is 13.3. The molecular weight excluding hydrogens is 488 g/mol. The normalized spacial score (nSPS) is 18.8. The van der Waals surface area contributed by atoms with E-state index in [1.807, 2.05) is 36.4 Å². The number of rotatable bonds is 5. The van der Waals surface area contributed by atoms with Crippen LogP contribution >= 0.6 is 11.3 Å². The van der Waals surface area contributed by atoms with Crippen LogP contribution in [-0.4, -0.2) is 55.8 Å². The Kier molecular flexibility index (Phi) is 6.92. The minimum atomic E-state index is -0.621. The standard InChI is InChI=1S/C28H32N4O4S/c1-17(2)19-6-8-20(9-7-19)25-24(27(34)35-5)18(3)29-28-32(25)26(33)22(37-28)16-21-10-11-23(36-21)31-14-12-30(4)13-15-31/h6-11,16-17,25H,12-15H2,1-5H3/b22-16-/t25-/m0/s1. The Labute approximate surface area is 219 Å². The van der Waals surface area contributed by atoms with Gasteiger partial charge in [0.15, 0.2) is 10.7 Å². The van der Waals surface area contributed by atoms with Crippen LogP contribution in [0.25, 0.3) is 6.08 Å². The number of furan rings is 1. The summed E-state index contributed by atoms with van der Waals surface area (Å²) in [6, 6.07) is 11.3. The number of carbonyl (C=O) groups excluding carboxylic acids is 1. The Morgan fingerprint density at radius 3 is 2.49 bits per heavy atom. The Morgan fingerprint density at radius 2 is 1.84 bits per heavy atom. The van der Waals surface area contributed by atoms with Gasteiger partial charge < -0.3 is 19.0 Å². The first-order valence-corrected chi connectivity index (χ1v) is 13.3. The Balaban J connectivity index is 1.58. The van der Waals surface area contributed by atoms with Gasteiger partial charge in [-0.2, -0.15) is 0 Å². The van der Waals surface area contributed by atoms with Gasteiger partial charge in [-0.3, -0.25) is 9.36 Å². The highest BCUT2D eigenvalue weighted by atomic mass is 32.1. The first-order valence-electron chi connectivity index (χ1n) is 12.5. The average Bonchev–Trinajstić information content (AvgIpc) is 3.47. The van der Waals surface area contributed by atoms with E-state index in [-0.39, 0.29) is 5.56 Å². The molecule has 0 spiro atoms. The monoisotopic (exact) mass is 520 g/mol. The van der Waals surface area contributed by atoms with E-state index in [0.29, 0.717) is 32.3 Å². The molecule has 1 aromatic carbocycles. The number of likely N-dealkylation sites (N-methyl/N-ethyl adjacent to an activating group) is 1. The van der Waals surface area contributed by atoms with Crippen LogP contribution in [-0.2, 0) is 9.53 Å². The number of carbonyl (C=O) groups is 1. The molecule has 0 bridgehead atoms. The number of fused-ring (bicyclic) bond motifs is 1. The van der Waals surface area contributed by atoms with Crippen LogP contribution in [0.15, 0.2) is 61.9 Å². The van der Waals surface area contributed by atoms with Crippen molar-refractivity contribution in [1.29, 1.82) is 0 Å². The molecule has 2 aromatic heterocycles. The van der Waals surface area contributed by atoms with Crippen molar-refractivity contribution in [3.8, 4) is 0 Å². The molecular formula is C28H32N4O4S. The minimum absolute atomic E-state index is 0.215. The van der Waals surface area contributed by atoms with E-state index in [1.165, 1.54) is 24.0 Å². The van der Waals surface area contributed by atoms with Gasteiger partial charge in [-0.25, -0.2) is 9.79 Å². The van der Waals surface area contributed by atoms with Crippen molar-refractivity contribution in [3.63, 3.8) is 0 Å². The van der Waals surface area contributed by atoms with E-state index in [2.05, 4.69) is 35.7 Å². The zero-order valence-electron chi connectivity index (χ0n) is 21.9. The first-order chi connectivity index (χ1) is 17.8. The molecule has 9 heteroatoms. The van der Waals surface area contributed by atoms with Crippen molar-refractivity contribution >= 4 is 29.3 Å². The summed E-state index contributed by atoms with van der Waals surface area (Å²) in [7, 11) is 3.46. The summed E-state index contributed by atoms with van der Waals surface area (Å²) >= 11 is 1.30. The highest BCUT2D eigenvalue weighted by Crippen LogP contribution is 2.31. The molecule has 3 aromatic rings. The summed E-state index contributed by atoms with van der Waals surface area (Å²) in [6.45, 7) is 9.81. The highest BCUT2D eigenvalue weighted by molar-refractivity contribution is 7.07. The van der Waals surface area contributed by atoms with Gasteiger partial charge in [-0.05, 0) is 37.1 Å². The number of esters is 1. The van der Waals surface area contributed by atoms with Gasteiger partial charge in [0, 0.05) is 38.3 Å². The number of allylic oxidation sites excluding steroid dienone is 1. The Hall–Kier alpha value is -3.43. The molecule has 1 fully saturated rings. The molecule has 37 heavy (non-hydrogen) atoms. The van der Waals surface area contributed by atoms with Crippen LogP contribution in [0.2, 0.25) is 0 Å². The van der Waals surface area contributed by atoms with Crippen molar-refractivity contribution in [2.24, 2.45) is 4.99 Å². The molecule has 194 valence electrons. The molecule has 1 saturated heterocycles. The number of anilines is 1. The number of methoxy groups -OCH3 is 1. The molecule has 8 nitrogen and oxygen atoms in total. The third kappa shape index (κ3) is 4.81. The second-order valence-electron chi connectivity index (χ2n) is 9.86. The van der Waals surface area contributed by atoms with Gasteiger partial charge in [0.05, 0.1) is 29.0 Å². The lowest BCUT2D eigenvalue weighted by Gasteiger charge is -2.32. The van der Waals surface area contributed by atoms with E-state index in [4.69, 9.17) is 9.15 Å². The average molecular weight is 521 g/mol. The number of thiazole rings is 1. The fourth-order valence-electron chi connectivity index (χ4n) is 4.82. The fourth-order valence-corrected chi connectivity index (χ4v) is 5.84. The lowest BCUT2D eigenvalue weighted by Crippen LogP contribution is -2.44. The lowest BCUT2D eigenvalue weighted by molar-refractivity contribution is -0.136. The van der Waals surface area contributed by atoms with Crippen molar-refractivity contribution in [3.05, 3.63) is 84.2 Å². The Bertz CT molecular complexity index is 1520. The quantitative estimate of drug-likeness (QED) is 0.482. The van der Waals surface area contributed by atoms with Gasteiger partial charge in [0.2, 0.25) is 0 Å². The summed E-state index contributed by atoms with van der Waals surface area (Å²) in [5.74, 6) is 1.30. The van der Waals surface area contributed by atoms with Crippen LogP contribution in [0, 0.1) is 0 Å². The maximum absolute atomic E-state index is 13.7. The summed E-state index contributed by atoms with van der Waals surface area (Å²) in [5.41, 5.74) is 2.72. The van der Waals surface area contributed by atoms with Gasteiger partial charge >= 0.3 is 5.97 Å². The lowest BCUT2D eigenvalue weighted by atomic mass is 9.93. The molecule has 0 radical (unpaired) electrons. The molecule has 0 unspecified atom stereocenters. The molecule has 2 aliphatic heterocycles. The van der Waals surface area contributed by atoms with E-state index in [1.54, 1.807) is 17.6 Å². The van der Waals surface area contributed by atoms with E-state index in [9.17, 15) is 9.59 Å². The Morgan fingerprint density at radius 1 is 1.14 bits per heavy atom. The predicted molar refractivity (Wildman–Crippen MR) is 145 cm³/mol. The van der Waals surface area contributed by atoms with Crippen molar-refractivity contribution < 1.29 is 13.9 Å². The van der Waals surface area contributed by atoms with Crippen LogP contribution in [0.1, 0.15) is 49.6 Å². The number of nitrogens with zero attached hydrogens (tertiary/aromatic N) is 4. The largest absolute Gasteiger partial charge is 0.466 e. The number of benzene rings is 1. The van der Waals surface area contributed by atoms with Crippen LogP contribution < -0.4 is 19.8 Å². The van der Waals surface area contributed by atoms with Gasteiger partial charge in [-0.1, -0.05) is 49.4 Å². The van der Waals surface area contributed by atoms with E-state index < -0.39 is 12.0 Å². The van der Waals surface area contributed by atoms with Gasteiger partial charge in [-0.15, -0.1) is 0 Å². The molecule has 0 N–H and O–H groups in total. The third-order valence-corrected chi connectivity index (χ3v) is 8.03. The minimum Gasteiger partial charge on any atom is -0.466 e. The smallest absolute Gasteiger partial charge is 0.338 e. The molecule has 0 saturated carbocycles. The topological polar surface area (TPSA) is 80.3 Å². The predicted octanol–water partition coefficient (Wildman–Crippen LogP) is 2.88. The zero-order chi connectivity index (χ0) is 26.3. The molecule has 1 atom stereocenters. The van der Waals surface area contributed by atoms with E-state index in [0.717, 1.165) is 37.6 Å². The van der Waals surface area contributed by atoms with Crippen LogP contribution in [0.5, 0.6) is 0 Å². The first kappa shape index (κ1) is 25.2. The van der Waals surface area contributed by atoms with Gasteiger partial charge in [0.1, 0.15) is 5.76 Å². The summed E-state index contributed by atoms with van der Waals surface area (Å²) in [6.07, 6.45) is 1.76. The van der Waals surface area contributed by atoms with Crippen molar-refractivity contribution in [2.45, 2.75) is 32.7 Å². The number of hydrogen-bond acceptors (Lipinski definition) is 8. The highest BCUT2D eigenvalue weighted by Gasteiger charge is 2.33. The second-order valence-corrected chi connectivity index (χ2v) is 10.9. The van der Waals surface area contributed by atoms with Crippen molar-refractivity contribution in [1.82, 2.24) is 9.47 Å². The van der Waals surface area contributed by atoms with E-state index >= 15 is 0 Å². The zero-order valence-corrected chi connectivity index (χ0v) is 22.7. The molecule has 4 heterocycles. The SMILES string of the molecule is COC(=O)C1=C(C)N=c2s/c(=C\c3ccc(N4CCN(C)CC4)o3)c(=O)n2[C@H]1c1ccc(C(C)C)cc1. The number of piperazine rings is 1. The summed E-state index contributed by atoms with van der Waals surface area (Å²) in [4.78, 5) is 36.3. The van der Waals surface area contributed by atoms with Crippen LogP contribution in [0.3, 0.4) is 0 Å². The number of hydrogen-bond donors (Lipinski definition) is 0.